The van der Waals surface area contributed by atoms with Crippen molar-refractivity contribution in [2.24, 2.45) is 0 Å². The third kappa shape index (κ3) is 2.75. The number of aromatic nitrogens is 3. The minimum atomic E-state index is -4.78. The summed E-state index contributed by atoms with van der Waals surface area (Å²) < 4.78 is 43.7. The average molecular weight is 321 g/mol. The molecule has 0 bridgehead atoms. The number of H-pyrrole nitrogens is 1. The van der Waals surface area contributed by atoms with E-state index in [9.17, 15) is 22.8 Å². The van der Waals surface area contributed by atoms with Crippen molar-refractivity contribution in [2.75, 3.05) is 12.9 Å². The summed E-state index contributed by atoms with van der Waals surface area (Å²) in [5.74, 6) is -0.841. The Labute approximate surface area is 120 Å². The number of nitrogens with zero attached hydrogens (tertiary/aromatic N) is 2. The lowest BCUT2D eigenvalue weighted by atomic mass is 10.3. The Morgan fingerprint density at radius 3 is 2.71 bits per heavy atom. The van der Waals surface area contributed by atoms with E-state index in [1.54, 1.807) is 13.2 Å². The van der Waals surface area contributed by atoms with Gasteiger partial charge in [-0.05, 0) is 13.2 Å². The molecule has 0 saturated carbocycles. The van der Waals surface area contributed by atoms with Gasteiger partial charge in [0.25, 0.3) is 5.56 Å². The van der Waals surface area contributed by atoms with E-state index >= 15 is 0 Å². The molecule has 0 fully saturated rings. The molecule has 0 radical (unpaired) electrons. The van der Waals surface area contributed by atoms with Gasteiger partial charge in [-0.25, -0.2) is 9.78 Å². The molecule has 0 aromatic carbocycles. The first-order chi connectivity index (χ1) is 9.79. The topological polar surface area (TPSA) is 76.5 Å². The minimum Gasteiger partial charge on any atom is -0.462 e. The van der Waals surface area contributed by atoms with E-state index in [1.807, 2.05) is 0 Å². The quantitative estimate of drug-likeness (QED) is 0.690. The number of carbonyl (C=O) groups is 1. The fraction of sp³-hybridized carbons (Fsp3) is 0.364. The lowest BCUT2D eigenvalue weighted by Crippen LogP contribution is -2.20. The average Bonchev–Trinajstić information content (AvgIpc) is 2.77. The van der Waals surface area contributed by atoms with Crippen molar-refractivity contribution in [3.63, 3.8) is 0 Å². The third-order valence-electron chi connectivity index (χ3n) is 2.56. The van der Waals surface area contributed by atoms with Crippen LogP contribution in [0.15, 0.2) is 15.9 Å². The van der Waals surface area contributed by atoms with Crippen LogP contribution in [0.3, 0.4) is 0 Å². The molecule has 0 aliphatic carbocycles. The van der Waals surface area contributed by atoms with E-state index in [0.29, 0.717) is 6.07 Å². The molecule has 114 valence electrons. The van der Waals surface area contributed by atoms with Gasteiger partial charge in [-0.1, -0.05) is 0 Å². The first-order valence-electron chi connectivity index (χ1n) is 5.73. The maximum absolute atomic E-state index is 12.7. The van der Waals surface area contributed by atoms with Crippen molar-refractivity contribution in [3.05, 3.63) is 27.7 Å². The first-order valence-corrected chi connectivity index (χ1v) is 6.96. The fourth-order valence-electron chi connectivity index (χ4n) is 1.70. The van der Waals surface area contributed by atoms with E-state index < -0.39 is 29.0 Å². The molecule has 0 amide bonds. The number of hydrogen-bond acceptors (Lipinski definition) is 5. The molecule has 2 rings (SSSR count). The van der Waals surface area contributed by atoms with Crippen LogP contribution in [0, 0.1) is 0 Å². The zero-order valence-electron chi connectivity index (χ0n) is 10.9. The van der Waals surface area contributed by atoms with Gasteiger partial charge < -0.3 is 4.74 Å². The molecule has 0 unspecified atom stereocenters. The lowest BCUT2D eigenvalue weighted by molar-refractivity contribution is -0.141. The van der Waals surface area contributed by atoms with Crippen molar-refractivity contribution in [3.8, 4) is 0 Å². The van der Waals surface area contributed by atoms with Crippen LogP contribution in [0.2, 0.25) is 0 Å². The highest BCUT2D eigenvalue weighted by molar-refractivity contribution is 7.98. The molecule has 21 heavy (non-hydrogen) atoms. The molecular formula is C11H10F3N3O3S. The Hall–Kier alpha value is -1.97. The fourth-order valence-corrected chi connectivity index (χ4v) is 2.26. The van der Waals surface area contributed by atoms with Crippen LogP contribution in [0.25, 0.3) is 5.65 Å². The van der Waals surface area contributed by atoms with E-state index in [1.165, 1.54) is 0 Å². The van der Waals surface area contributed by atoms with Crippen molar-refractivity contribution in [1.82, 2.24) is 14.6 Å². The van der Waals surface area contributed by atoms with Crippen molar-refractivity contribution < 1.29 is 22.7 Å². The smallest absolute Gasteiger partial charge is 0.433 e. The number of rotatable bonds is 3. The van der Waals surface area contributed by atoms with E-state index in [4.69, 9.17) is 4.74 Å². The summed E-state index contributed by atoms with van der Waals surface area (Å²) in [4.78, 5) is 27.0. The van der Waals surface area contributed by atoms with Gasteiger partial charge >= 0.3 is 12.1 Å². The number of alkyl halides is 3. The lowest BCUT2D eigenvalue weighted by Gasteiger charge is -2.05. The molecule has 0 aliphatic rings. The highest BCUT2D eigenvalue weighted by atomic mass is 32.2. The van der Waals surface area contributed by atoms with Crippen LogP contribution < -0.4 is 5.56 Å². The summed E-state index contributed by atoms with van der Waals surface area (Å²) >= 11 is 1.06. The second-order valence-corrected chi connectivity index (χ2v) is 4.69. The number of halogens is 3. The molecule has 0 saturated heterocycles. The first kappa shape index (κ1) is 15.4. The number of aromatic amines is 1. The van der Waals surface area contributed by atoms with Crippen LogP contribution in [-0.4, -0.2) is 33.4 Å². The summed E-state index contributed by atoms with van der Waals surface area (Å²) in [7, 11) is 0. The highest BCUT2D eigenvalue weighted by Crippen LogP contribution is 2.29. The van der Waals surface area contributed by atoms with Crippen LogP contribution in [-0.2, 0) is 10.9 Å². The number of nitrogens with one attached hydrogen (secondary N) is 1. The van der Waals surface area contributed by atoms with E-state index in [-0.39, 0.29) is 17.2 Å². The van der Waals surface area contributed by atoms with Gasteiger partial charge in [-0.2, -0.15) is 17.7 Å². The van der Waals surface area contributed by atoms with Gasteiger partial charge in [0.1, 0.15) is 10.6 Å². The number of hydrogen-bond donors (Lipinski definition) is 1. The second kappa shape index (κ2) is 5.43. The Morgan fingerprint density at radius 2 is 2.19 bits per heavy atom. The summed E-state index contributed by atoms with van der Waals surface area (Å²) in [5.41, 5.74) is -2.91. The molecule has 0 aliphatic heterocycles. The zero-order chi connectivity index (χ0) is 15.8. The molecule has 2 heterocycles. The molecule has 6 nitrogen and oxygen atoms in total. The summed E-state index contributed by atoms with van der Waals surface area (Å²) in [6.45, 7) is 1.61. The maximum Gasteiger partial charge on any atom is 0.433 e. The number of ether oxygens (including phenoxy) is 1. The van der Waals surface area contributed by atoms with Gasteiger partial charge in [0.15, 0.2) is 11.3 Å². The Balaban J connectivity index is 2.79. The van der Waals surface area contributed by atoms with Gasteiger partial charge in [-0.15, -0.1) is 11.8 Å². The van der Waals surface area contributed by atoms with Gasteiger partial charge in [0.2, 0.25) is 0 Å². The minimum absolute atomic E-state index is 0.0488. The molecule has 0 atom stereocenters. The number of thioether (sulfide) groups is 1. The summed E-state index contributed by atoms with van der Waals surface area (Å²) in [6.07, 6.45) is -3.18. The van der Waals surface area contributed by atoms with E-state index in [0.717, 1.165) is 16.3 Å². The molecule has 1 N–H and O–H groups in total. The van der Waals surface area contributed by atoms with Crippen LogP contribution >= 0.6 is 11.8 Å². The third-order valence-corrected chi connectivity index (χ3v) is 3.26. The monoisotopic (exact) mass is 321 g/mol. The summed E-state index contributed by atoms with van der Waals surface area (Å²) in [5, 5.41) is 2.74. The van der Waals surface area contributed by atoms with Crippen LogP contribution in [0.1, 0.15) is 23.0 Å². The second-order valence-electron chi connectivity index (χ2n) is 3.88. The predicted molar refractivity (Wildman–Crippen MR) is 68.6 cm³/mol. The maximum atomic E-state index is 12.7. The standard InChI is InChI=1S/C11H10F3N3O3S/c1-3-20-10(19)7-8-15-5(11(12,13)14)4-6(18)17(8)16-9(7)21-2/h4,16H,3H2,1-2H3. The van der Waals surface area contributed by atoms with Crippen molar-refractivity contribution >= 4 is 23.4 Å². The normalized spacial score (nSPS) is 11.9. The number of esters is 1. The molecular weight excluding hydrogens is 311 g/mol. The van der Waals surface area contributed by atoms with E-state index in [2.05, 4.69) is 10.1 Å². The Bertz CT molecular complexity index is 751. The SMILES string of the molecule is CCOC(=O)c1c(SC)[nH]n2c(=O)cc(C(F)(F)F)nc12. The highest BCUT2D eigenvalue weighted by Gasteiger charge is 2.35. The van der Waals surface area contributed by atoms with Crippen molar-refractivity contribution in [2.45, 2.75) is 18.1 Å². The molecule has 2 aromatic rings. The number of carbonyl (C=O) groups excluding carboxylic acids is 1. The molecule has 0 spiro atoms. The van der Waals surface area contributed by atoms with Gasteiger partial charge in [0.05, 0.1) is 6.61 Å². The zero-order valence-corrected chi connectivity index (χ0v) is 11.8. The van der Waals surface area contributed by atoms with Crippen LogP contribution in [0.5, 0.6) is 0 Å². The Morgan fingerprint density at radius 1 is 1.52 bits per heavy atom. The van der Waals surface area contributed by atoms with Gasteiger partial charge in [0, 0.05) is 6.07 Å². The Kier molecular flexibility index (Phi) is 3.99. The van der Waals surface area contributed by atoms with Gasteiger partial charge in [-0.3, -0.25) is 9.89 Å². The largest absolute Gasteiger partial charge is 0.462 e. The predicted octanol–water partition coefficient (Wildman–Crippen LogP) is 1.94. The van der Waals surface area contributed by atoms with Crippen molar-refractivity contribution in [1.29, 1.82) is 0 Å². The molecule has 2 aromatic heterocycles. The number of fused-ring (bicyclic) bond motifs is 1. The van der Waals surface area contributed by atoms with Crippen LogP contribution in [0.4, 0.5) is 13.2 Å². The molecule has 10 heteroatoms. The summed E-state index contributed by atoms with van der Waals surface area (Å²) in [6, 6.07) is 0.364.